The highest BCUT2D eigenvalue weighted by molar-refractivity contribution is 7.98. The second-order valence-corrected chi connectivity index (χ2v) is 10.5. The molecule has 0 aliphatic carbocycles. The van der Waals surface area contributed by atoms with E-state index in [2.05, 4.69) is 102 Å². The van der Waals surface area contributed by atoms with Crippen LogP contribution in [0.5, 0.6) is 0 Å². The highest BCUT2D eigenvalue weighted by Crippen LogP contribution is 2.27. The molecule has 1 fully saturated rings. The van der Waals surface area contributed by atoms with Crippen molar-refractivity contribution >= 4 is 34.1 Å². The molecule has 0 aromatic heterocycles. The van der Waals surface area contributed by atoms with Crippen LogP contribution in [0, 0.1) is 12.8 Å². The van der Waals surface area contributed by atoms with Crippen molar-refractivity contribution in [2.45, 2.75) is 37.0 Å². The molecule has 4 aromatic carbocycles. The number of rotatable bonds is 7. The third-order valence-electron chi connectivity index (χ3n) is 6.93. The molecule has 0 saturated carbocycles. The van der Waals surface area contributed by atoms with E-state index in [0.29, 0.717) is 0 Å². The first-order valence-electron chi connectivity index (χ1n) is 12.4. The summed E-state index contributed by atoms with van der Waals surface area (Å²) < 4.78 is 0. The number of nitrogens with zero attached hydrogens (tertiary/aromatic N) is 1. The molecule has 0 bridgehead atoms. The number of hydrogen-bond donors (Lipinski definition) is 1. The molecule has 5 rings (SSSR count). The van der Waals surface area contributed by atoms with Gasteiger partial charge in [0.1, 0.15) is 0 Å². The highest BCUT2D eigenvalue weighted by Gasteiger charge is 2.25. The Hall–Kier alpha value is -3.08. The minimum absolute atomic E-state index is 0.0754. The molecule has 1 aliphatic heterocycles. The zero-order chi connectivity index (χ0) is 24.0. The van der Waals surface area contributed by atoms with E-state index < -0.39 is 0 Å². The zero-order valence-electron chi connectivity index (χ0n) is 20.2. The van der Waals surface area contributed by atoms with Gasteiger partial charge in [-0.15, -0.1) is 11.8 Å². The fourth-order valence-corrected chi connectivity index (χ4v) is 5.76. The Morgan fingerprint density at radius 2 is 1.66 bits per heavy atom. The average molecular weight is 481 g/mol. The standard InChI is InChI=1S/C31H32N2OS/c1-23-20-24(22-35-28-11-3-2-4-12-28)14-15-30(23)32-31(34)26-16-18-33(19-17-26)21-27-10-7-9-25-8-5-6-13-29(25)27/h2-15,20,26H,16-19,21-22H2,1H3,(H,32,34). The number of fused-ring (bicyclic) bond motifs is 1. The van der Waals surface area contributed by atoms with Crippen molar-refractivity contribution in [2.75, 3.05) is 18.4 Å². The minimum atomic E-state index is 0.0754. The number of thioether (sulfide) groups is 1. The summed E-state index contributed by atoms with van der Waals surface area (Å²) in [4.78, 5) is 16.8. The van der Waals surface area contributed by atoms with E-state index in [-0.39, 0.29) is 11.8 Å². The van der Waals surface area contributed by atoms with E-state index in [9.17, 15) is 4.79 Å². The predicted molar refractivity (Wildman–Crippen MR) is 148 cm³/mol. The van der Waals surface area contributed by atoms with E-state index in [1.165, 1.54) is 26.8 Å². The van der Waals surface area contributed by atoms with Gasteiger partial charge in [0.05, 0.1) is 0 Å². The first-order chi connectivity index (χ1) is 17.2. The number of anilines is 1. The minimum Gasteiger partial charge on any atom is -0.326 e. The molecular formula is C31H32N2OS. The normalized spacial score (nSPS) is 14.8. The van der Waals surface area contributed by atoms with E-state index in [0.717, 1.165) is 49.5 Å². The van der Waals surface area contributed by atoms with Crippen LogP contribution in [0.3, 0.4) is 0 Å². The summed E-state index contributed by atoms with van der Waals surface area (Å²) in [6, 6.07) is 32.0. The Balaban J connectivity index is 1.13. The molecule has 0 unspecified atom stereocenters. The lowest BCUT2D eigenvalue weighted by Gasteiger charge is -2.31. The molecule has 178 valence electrons. The van der Waals surface area contributed by atoms with Crippen molar-refractivity contribution in [1.29, 1.82) is 0 Å². The van der Waals surface area contributed by atoms with Crippen LogP contribution in [0.4, 0.5) is 5.69 Å². The monoisotopic (exact) mass is 480 g/mol. The Morgan fingerprint density at radius 1 is 0.914 bits per heavy atom. The van der Waals surface area contributed by atoms with Gasteiger partial charge in [0, 0.05) is 28.8 Å². The fraction of sp³-hybridized carbons (Fsp3) is 0.258. The van der Waals surface area contributed by atoms with Crippen molar-refractivity contribution in [3.05, 3.63) is 108 Å². The van der Waals surface area contributed by atoms with Crippen LogP contribution in [0.25, 0.3) is 10.8 Å². The van der Waals surface area contributed by atoms with Crippen LogP contribution in [-0.4, -0.2) is 23.9 Å². The maximum absolute atomic E-state index is 13.0. The van der Waals surface area contributed by atoms with Crippen molar-refractivity contribution in [3.8, 4) is 0 Å². The van der Waals surface area contributed by atoms with Gasteiger partial charge in [-0.1, -0.05) is 72.8 Å². The van der Waals surface area contributed by atoms with E-state index in [1.54, 1.807) is 0 Å². The van der Waals surface area contributed by atoms with Crippen molar-refractivity contribution < 1.29 is 4.79 Å². The molecule has 1 amide bonds. The number of aryl methyl sites for hydroxylation is 1. The summed E-state index contributed by atoms with van der Waals surface area (Å²) in [7, 11) is 0. The molecule has 1 aliphatic rings. The van der Waals surface area contributed by atoms with Crippen LogP contribution in [0.15, 0.2) is 95.9 Å². The predicted octanol–water partition coefficient (Wildman–Crippen LogP) is 7.29. The van der Waals surface area contributed by atoms with Gasteiger partial charge in [0.25, 0.3) is 0 Å². The number of piperidine rings is 1. The molecule has 0 radical (unpaired) electrons. The first-order valence-corrected chi connectivity index (χ1v) is 13.4. The third-order valence-corrected chi connectivity index (χ3v) is 8.01. The molecule has 1 saturated heterocycles. The molecule has 1 N–H and O–H groups in total. The number of amides is 1. The summed E-state index contributed by atoms with van der Waals surface area (Å²) in [5.74, 6) is 1.16. The molecule has 0 atom stereocenters. The second-order valence-electron chi connectivity index (χ2n) is 9.43. The van der Waals surface area contributed by atoms with Crippen molar-refractivity contribution in [3.63, 3.8) is 0 Å². The van der Waals surface area contributed by atoms with Gasteiger partial charge in [-0.3, -0.25) is 9.69 Å². The van der Waals surface area contributed by atoms with E-state index >= 15 is 0 Å². The van der Waals surface area contributed by atoms with Gasteiger partial charge in [0.15, 0.2) is 0 Å². The zero-order valence-corrected chi connectivity index (χ0v) is 21.1. The van der Waals surface area contributed by atoms with Gasteiger partial charge < -0.3 is 5.32 Å². The van der Waals surface area contributed by atoms with E-state index in [1.807, 2.05) is 17.8 Å². The van der Waals surface area contributed by atoms with Crippen LogP contribution >= 0.6 is 11.8 Å². The largest absolute Gasteiger partial charge is 0.326 e. The van der Waals surface area contributed by atoms with Gasteiger partial charge in [-0.2, -0.15) is 0 Å². The SMILES string of the molecule is Cc1cc(CSc2ccccc2)ccc1NC(=O)C1CCN(Cc2cccc3ccccc23)CC1. The Bertz CT molecular complexity index is 1290. The molecule has 4 aromatic rings. The number of carbonyl (C=O) groups is 1. The lowest BCUT2D eigenvalue weighted by molar-refractivity contribution is -0.121. The number of benzene rings is 4. The molecular weight excluding hydrogens is 448 g/mol. The number of nitrogens with one attached hydrogen (secondary N) is 1. The number of carbonyl (C=O) groups excluding carboxylic acids is 1. The Kier molecular flexibility index (Phi) is 7.51. The van der Waals surface area contributed by atoms with Crippen LogP contribution in [0.1, 0.15) is 29.5 Å². The third kappa shape index (κ3) is 5.95. The van der Waals surface area contributed by atoms with Gasteiger partial charge in [0.2, 0.25) is 5.91 Å². The fourth-order valence-electron chi connectivity index (χ4n) is 4.90. The maximum Gasteiger partial charge on any atom is 0.227 e. The van der Waals surface area contributed by atoms with Crippen LogP contribution in [-0.2, 0) is 17.1 Å². The molecule has 4 heteroatoms. The molecule has 1 heterocycles. The average Bonchev–Trinajstić information content (AvgIpc) is 2.90. The van der Waals surface area contributed by atoms with Gasteiger partial charge in [-0.25, -0.2) is 0 Å². The van der Waals surface area contributed by atoms with Crippen LogP contribution < -0.4 is 5.32 Å². The highest BCUT2D eigenvalue weighted by atomic mass is 32.2. The topological polar surface area (TPSA) is 32.3 Å². The van der Waals surface area contributed by atoms with Gasteiger partial charge in [-0.05, 0) is 78.5 Å². The van der Waals surface area contributed by atoms with Gasteiger partial charge >= 0.3 is 0 Å². The Morgan fingerprint density at radius 3 is 2.46 bits per heavy atom. The summed E-state index contributed by atoms with van der Waals surface area (Å²) >= 11 is 1.83. The quantitative estimate of drug-likeness (QED) is 0.282. The molecule has 35 heavy (non-hydrogen) atoms. The van der Waals surface area contributed by atoms with E-state index in [4.69, 9.17) is 0 Å². The van der Waals surface area contributed by atoms with Crippen molar-refractivity contribution in [2.24, 2.45) is 5.92 Å². The smallest absolute Gasteiger partial charge is 0.227 e. The molecule has 0 spiro atoms. The molecule has 3 nitrogen and oxygen atoms in total. The summed E-state index contributed by atoms with van der Waals surface area (Å²) in [6.45, 7) is 4.93. The maximum atomic E-state index is 13.0. The summed E-state index contributed by atoms with van der Waals surface area (Å²) in [5.41, 5.74) is 4.70. The Labute approximate surface area is 212 Å². The lowest BCUT2D eigenvalue weighted by atomic mass is 9.94. The van der Waals surface area contributed by atoms with Crippen LogP contribution in [0.2, 0.25) is 0 Å². The van der Waals surface area contributed by atoms with Crippen molar-refractivity contribution in [1.82, 2.24) is 4.90 Å². The summed E-state index contributed by atoms with van der Waals surface area (Å²) in [5, 5.41) is 5.83. The lowest BCUT2D eigenvalue weighted by Crippen LogP contribution is -2.37. The first kappa shape index (κ1) is 23.7. The summed E-state index contributed by atoms with van der Waals surface area (Å²) in [6.07, 6.45) is 1.81. The number of likely N-dealkylation sites (tertiary alicyclic amines) is 1. The second kappa shape index (κ2) is 11.1. The number of hydrogen-bond acceptors (Lipinski definition) is 3.